The molecule has 18 heavy (non-hydrogen) atoms. The summed E-state index contributed by atoms with van der Waals surface area (Å²) in [6.07, 6.45) is 0. The van der Waals surface area contributed by atoms with Crippen LogP contribution in [0.4, 0.5) is 16.2 Å². The molecular formula is C12H18N4O2. The van der Waals surface area contributed by atoms with Crippen LogP contribution in [-0.2, 0) is 4.79 Å². The van der Waals surface area contributed by atoms with Gasteiger partial charge in [0.25, 0.3) is 0 Å². The fourth-order valence-electron chi connectivity index (χ4n) is 1.38. The first-order valence-corrected chi connectivity index (χ1v) is 5.54. The molecule has 0 aliphatic carbocycles. The Morgan fingerprint density at radius 3 is 2.28 bits per heavy atom. The third-order valence-electron chi connectivity index (χ3n) is 2.33. The molecule has 1 unspecified atom stereocenters. The number of nitrogens with two attached hydrogens (primary N) is 1. The highest BCUT2D eigenvalue weighted by atomic mass is 16.2. The number of carbonyl (C=O) groups is 2. The van der Waals surface area contributed by atoms with Crippen molar-refractivity contribution in [3.8, 4) is 0 Å². The van der Waals surface area contributed by atoms with Crippen molar-refractivity contribution in [3.63, 3.8) is 0 Å². The highest BCUT2D eigenvalue weighted by Gasteiger charge is 2.16. The molecule has 0 aliphatic rings. The predicted molar refractivity (Wildman–Crippen MR) is 71.2 cm³/mol. The van der Waals surface area contributed by atoms with Crippen LogP contribution >= 0.6 is 0 Å². The molecule has 0 fully saturated rings. The molecule has 0 spiro atoms. The molecular weight excluding hydrogens is 232 g/mol. The SMILES string of the molecule is CC(NC(=O)Nc1ccc(N)cc1)C(=O)N(C)C. The first-order valence-electron chi connectivity index (χ1n) is 5.54. The fourth-order valence-corrected chi connectivity index (χ4v) is 1.38. The minimum atomic E-state index is -0.575. The maximum absolute atomic E-state index is 11.6. The highest BCUT2D eigenvalue weighted by Crippen LogP contribution is 2.10. The largest absolute Gasteiger partial charge is 0.399 e. The Kier molecular flexibility index (Phi) is 4.53. The van der Waals surface area contributed by atoms with Crippen molar-refractivity contribution < 1.29 is 9.59 Å². The Hall–Kier alpha value is -2.24. The Labute approximate surface area is 106 Å². The van der Waals surface area contributed by atoms with Crippen molar-refractivity contribution in [3.05, 3.63) is 24.3 Å². The molecule has 0 aliphatic heterocycles. The number of hydrogen-bond donors (Lipinski definition) is 3. The number of amides is 3. The van der Waals surface area contributed by atoms with E-state index in [1.54, 1.807) is 45.3 Å². The smallest absolute Gasteiger partial charge is 0.319 e. The summed E-state index contributed by atoms with van der Waals surface area (Å²) in [6.45, 7) is 1.63. The van der Waals surface area contributed by atoms with E-state index in [2.05, 4.69) is 10.6 Å². The summed E-state index contributed by atoms with van der Waals surface area (Å²) in [4.78, 5) is 24.6. The number of nitrogens with zero attached hydrogens (tertiary/aromatic N) is 1. The minimum absolute atomic E-state index is 0.164. The molecule has 1 atom stereocenters. The fraction of sp³-hybridized carbons (Fsp3) is 0.333. The molecule has 0 radical (unpaired) electrons. The van der Waals surface area contributed by atoms with Crippen molar-refractivity contribution in [2.45, 2.75) is 13.0 Å². The van der Waals surface area contributed by atoms with Gasteiger partial charge in [0.1, 0.15) is 6.04 Å². The minimum Gasteiger partial charge on any atom is -0.399 e. The van der Waals surface area contributed by atoms with Gasteiger partial charge >= 0.3 is 6.03 Å². The van der Waals surface area contributed by atoms with E-state index in [4.69, 9.17) is 5.73 Å². The van der Waals surface area contributed by atoms with Gasteiger partial charge in [0, 0.05) is 25.5 Å². The zero-order chi connectivity index (χ0) is 13.7. The van der Waals surface area contributed by atoms with Crippen molar-refractivity contribution in [2.75, 3.05) is 25.1 Å². The van der Waals surface area contributed by atoms with Crippen molar-refractivity contribution in [1.82, 2.24) is 10.2 Å². The molecule has 0 saturated carbocycles. The van der Waals surface area contributed by atoms with E-state index in [-0.39, 0.29) is 5.91 Å². The first-order chi connectivity index (χ1) is 8.40. The van der Waals surface area contributed by atoms with E-state index in [0.29, 0.717) is 11.4 Å². The standard InChI is InChI=1S/C12H18N4O2/c1-8(11(17)16(2)3)14-12(18)15-10-6-4-9(13)5-7-10/h4-8H,13H2,1-3H3,(H2,14,15,18). The lowest BCUT2D eigenvalue weighted by molar-refractivity contribution is -0.130. The number of likely N-dealkylation sites (N-methyl/N-ethyl adjacent to an activating group) is 1. The summed E-state index contributed by atoms with van der Waals surface area (Å²) in [5.74, 6) is -0.164. The average Bonchev–Trinajstić information content (AvgIpc) is 2.30. The van der Waals surface area contributed by atoms with Gasteiger partial charge in [-0.05, 0) is 31.2 Å². The number of hydrogen-bond acceptors (Lipinski definition) is 3. The predicted octanol–water partition coefficient (Wildman–Crippen LogP) is 0.867. The van der Waals surface area contributed by atoms with Gasteiger partial charge in [-0.2, -0.15) is 0 Å². The van der Waals surface area contributed by atoms with Crippen LogP contribution in [0, 0.1) is 0 Å². The number of nitrogen functional groups attached to an aromatic ring is 1. The highest BCUT2D eigenvalue weighted by molar-refractivity contribution is 5.93. The number of rotatable bonds is 3. The van der Waals surface area contributed by atoms with E-state index < -0.39 is 12.1 Å². The zero-order valence-electron chi connectivity index (χ0n) is 10.7. The molecule has 3 amide bonds. The van der Waals surface area contributed by atoms with Crippen molar-refractivity contribution in [2.24, 2.45) is 0 Å². The summed E-state index contributed by atoms with van der Waals surface area (Å²) < 4.78 is 0. The Bertz CT molecular complexity index is 428. The van der Waals surface area contributed by atoms with Gasteiger partial charge in [0.2, 0.25) is 5.91 Å². The van der Waals surface area contributed by atoms with Crippen LogP contribution in [0.1, 0.15) is 6.92 Å². The molecule has 0 saturated heterocycles. The van der Waals surface area contributed by atoms with Gasteiger partial charge in [-0.1, -0.05) is 0 Å². The molecule has 0 aromatic heterocycles. The van der Waals surface area contributed by atoms with Gasteiger partial charge < -0.3 is 21.3 Å². The second-order valence-corrected chi connectivity index (χ2v) is 4.17. The van der Waals surface area contributed by atoms with Gasteiger partial charge in [-0.3, -0.25) is 4.79 Å². The maximum atomic E-state index is 11.6. The molecule has 1 rings (SSSR count). The lowest BCUT2D eigenvalue weighted by Crippen LogP contribution is -2.45. The third-order valence-corrected chi connectivity index (χ3v) is 2.33. The van der Waals surface area contributed by atoms with Crippen LogP contribution < -0.4 is 16.4 Å². The number of benzene rings is 1. The maximum Gasteiger partial charge on any atom is 0.319 e. The molecule has 98 valence electrons. The molecule has 1 aromatic carbocycles. The van der Waals surface area contributed by atoms with E-state index in [1.807, 2.05) is 0 Å². The second-order valence-electron chi connectivity index (χ2n) is 4.17. The van der Waals surface area contributed by atoms with Crippen LogP contribution in [-0.4, -0.2) is 37.0 Å². The normalized spacial score (nSPS) is 11.5. The summed E-state index contributed by atoms with van der Waals surface area (Å²) in [7, 11) is 3.27. The van der Waals surface area contributed by atoms with Gasteiger partial charge in [-0.25, -0.2) is 4.79 Å². The third kappa shape index (κ3) is 3.97. The van der Waals surface area contributed by atoms with Crippen molar-refractivity contribution in [1.29, 1.82) is 0 Å². The van der Waals surface area contributed by atoms with Crippen LogP contribution in [0.5, 0.6) is 0 Å². The Balaban J connectivity index is 2.51. The molecule has 1 aromatic rings. The molecule has 4 N–H and O–H groups in total. The topological polar surface area (TPSA) is 87.5 Å². The van der Waals surface area contributed by atoms with Crippen LogP contribution in [0.3, 0.4) is 0 Å². The molecule has 0 bridgehead atoms. The lowest BCUT2D eigenvalue weighted by Gasteiger charge is -2.18. The molecule has 0 heterocycles. The molecule has 6 nitrogen and oxygen atoms in total. The monoisotopic (exact) mass is 250 g/mol. The number of anilines is 2. The van der Waals surface area contributed by atoms with Gasteiger partial charge in [-0.15, -0.1) is 0 Å². The van der Waals surface area contributed by atoms with Crippen molar-refractivity contribution >= 4 is 23.3 Å². The number of nitrogens with one attached hydrogen (secondary N) is 2. The van der Waals surface area contributed by atoms with E-state index in [1.165, 1.54) is 4.90 Å². The Morgan fingerprint density at radius 2 is 1.78 bits per heavy atom. The van der Waals surface area contributed by atoms with Gasteiger partial charge in [0.05, 0.1) is 0 Å². The number of urea groups is 1. The number of carbonyl (C=O) groups excluding carboxylic acids is 2. The van der Waals surface area contributed by atoms with E-state index >= 15 is 0 Å². The molecule has 6 heteroatoms. The quantitative estimate of drug-likeness (QED) is 0.695. The summed E-state index contributed by atoms with van der Waals surface area (Å²) >= 11 is 0. The van der Waals surface area contributed by atoms with E-state index in [9.17, 15) is 9.59 Å². The summed E-state index contributed by atoms with van der Waals surface area (Å²) in [5, 5.41) is 5.17. The van der Waals surface area contributed by atoms with Gasteiger partial charge in [0.15, 0.2) is 0 Å². The lowest BCUT2D eigenvalue weighted by atomic mass is 10.3. The Morgan fingerprint density at radius 1 is 1.22 bits per heavy atom. The summed E-state index contributed by atoms with van der Waals surface area (Å²) in [6, 6.07) is 5.74. The van der Waals surface area contributed by atoms with E-state index in [0.717, 1.165) is 0 Å². The summed E-state index contributed by atoms with van der Waals surface area (Å²) in [5.41, 5.74) is 6.77. The second kappa shape index (κ2) is 5.90. The average molecular weight is 250 g/mol. The van der Waals surface area contributed by atoms with Crippen LogP contribution in [0.25, 0.3) is 0 Å². The first kappa shape index (κ1) is 13.8. The zero-order valence-corrected chi connectivity index (χ0v) is 10.7. The van der Waals surface area contributed by atoms with Crippen LogP contribution in [0.2, 0.25) is 0 Å². The van der Waals surface area contributed by atoms with Crippen LogP contribution in [0.15, 0.2) is 24.3 Å².